The molecule has 4 nitrogen and oxygen atoms in total. The monoisotopic (exact) mass is 392 g/mol. The molecule has 1 aliphatic rings. The first kappa shape index (κ1) is 16.5. The summed E-state index contributed by atoms with van der Waals surface area (Å²) in [6.45, 7) is 3.70. The molecule has 0 aliphatic heterocycles. The van der Waals surface area contributed by atoms with Crippen LogP contribution in [-0.2, 0) is 12.0 Å². The van der Waals surface area contributed by atoms with Gasteiger partial charge in [-0.05, 0) is 31.4 Å². The molecule has 0 radical (unpaired) electrons. The first-order valence-corrected chi connectivity index (χ1v) is 9.40. The molecule has 0 spiro atoms. The molecule has 0 unspecified atom stereocenters. The van der Waals surface area contributed by atoms with Crippen molar-refractivity contribution < 1.29 is 0 Å². The van der Waals surface area contributed by atoms with Crippen molar-refractivity contribution in [2.75, 3.05) is 13.6 Å². The molecule has 122 valence electrons. The van der Waals surface area contributed by atoms with Crippen molar-refractivity contribution in [3.63, 3.8) is 0 Å². The van der Waals surface area contributed by atoms with Gasteiger partial charge in [-0.25, -0.2) is 4.98 Å². The number of benzene rings is 1. The SMILES string of the molecule is CN=C(NCc1scnc1C)NCC1(c2ccccc2Br)CC1. The molecule has 1 aromatic heterocycles. The Morgan fingerprint density at radius 3 is 2.74 bits per heavy atom. The zero-order valence-corrected chi connectivity index (χ0v) is 15.8. The Morgan fingerprint density at radius 1 is 1.35 bits per heavy atom. The number of hydrogen-bond donors (Lipinski definition) is 2. The smallest absolute Gasteiger partial charge is 0.191 e. The third kappa shape index (κ3) is 3.75. The van der Waals surface area contributed by atoms with Crippen molar-refractivity contribution >= 4 is 33.2 Å². The molecule has 1 aromatic carbocycles. The summed E-state index contributed by atoms with van der Waals surface area (Å²) in [5, 5.41) is 6.86. The van der Waals surface area contributed by atoms with Crippen LogP contribution in [0.1, 0.15) is 29.0 Å². The van der Waals surface area contributed by atoms with E-state index in [0.717, 1.165) is 24.7 Å². The average molecular weight is 393 g/mol. The Morgan fingerprint density at radius 2 is 2.13 bits per heavy atom. The maximum Gasteiger partial charge on any atom is 0.191 e. The number of nitrogens with zero attached hydrogens (tertiary/aromatic N) is 2. The molecule has 23 heavy (non-hydrogen) atoms. The van der Waals surface area contributed by atoms with Crippen LogP contribution in [0.5, 0.6) is 0 Å². The topological polar surface area (TPSA) is 49.3 Å². The Labute approximate surface area is 149 Å². The van der Waals surface area contributed by atoms with E-state index < -0.39 is 0 Å². The van der Waals surface area contributed by atoms with E-state index in [1.807, 2.05) is 19.5 Å². The molecule has 0 bridgehead atoms. The lowest BCUT2D eigenvalue weighted by atomic mass is 9.96. The lowest BCUT2D eigenvalue weighted by molar-refractivity contribution is 0.643. The lowest BCUT2D eigenvalue weighted by Gasteiger charge is -2.20. The third-order valence-electron chi connectivity index (χ3n) is 4.38. The van der Waals surface area contributed by atoms with Crippen LogP contribution in [-0.4, -0.2) is 24.5 Å². The quantitative estimate of drug-likeness (QED) is 0.603. The third-order valence-corrected chi connectivity index (χ3v) is 6.00. The molecule has 0 atom stereocenters. The van der Waals surface area contributed by atoms with Gasteiger partial charge in [-0.3, -0.25) is 4.99 Å². The fourth-order valence-corrected chi connectivity index (χ4v) is 4.14. The van der Waals surface area contributed by atoms with Gasteiger partial charge in [0.25, 0.3) is 0 Å². The number of aryl methyl sites for hydroxylation is 1. The van der Waals surface area contributed by atoms with Gasteiger partial charge in [-0.15, -0.1) is 11.3 Å². The number of halogens is 1. The van der Waals surface area contributed by atoms with E-state index in [9.17, 15) is 0 Å². The second-order valence-corrected chi connectivity index (χ2v) is 7.69. The van der Waals surface area contributed by atoms with Gasteiger partial charge >= 0.3 is 0 Å². The molecule has 0 saturated heterocycles. The molecule has 1 heterocycles. The Bertz CT molecular complexity index is 706. The van der Waals surface area contributed by atoms with Gasteiger partial charge in [-0.1, -0.05) is 34.1 Å². The molecule has 0 amide bonds. The summed E-state index contributed by atoms with van der Waals surface area (Å²) in [5.41, 5.74) is 4.60. The standard InChI is InChI=1S/C17H21BrN4S/c1-12-15(23-11-22-12)9-20-16(19-2)21-10-17(7-8-17)13-5-3-4-6-14(13)18/h3-6,11H,7-10H2,1-2H3,(H2,19,20,21). The molecule has 6 heteroatoms. The molecule has 2 N–H and O–H groups in total. The summed E-state index contributed by atoms with van der Waals surface area (Å²) in [4.78, 5) is 9.86. The van der Waals surface area contributed by atoms with E-state index in [1.165, 1.54) is 27.8 Å². The second-order valence-electron chi connectivity index (χ2n) is 5.90. The van der Waals surface area contributed by atoms with Crippen LogP contribution >= 0.6 is 27.3 Å². The minimum absolute atomic E-state index is 0.234. The van der Waals surface area contributed by atoms with Crippen LogP contribution in [0.2, 0.25) is 0 Å². The van der Waals surface area contributed by atoms with Crippen LogP contribution in [0.3, 0.4) is 0 Å². The van der Waals surface area contributed by atoms with E-state index in [-0.39, 0.29) is 5.41 Å². The van der Waals surface area contributed by atoms with Gasteiger partial charge in [0.15, 0.2) is 5.96 Å². The highest BCUT2D eigenvalue weighted by Crippen LogP contribution is 2.49. The Kier molecular flexibility index (Phi) is 5.02. The number of aromatic nitrogens is 1. The number of aliphatic imine (C=N–C) groups is 1. The second kappa shape index (κ2) is 7.01. The summed E-state index contributed by atoms with van der Waals surface area (Å²) in [5.74, 6) is 0.844. The minimum Gasteiger partial charge on any atom is -0.356 e. The summed E-state index contributed by atoms with van der Waals surface area (Å²) in [6.07, 6.45) is 2.43. The van der Waals surface area contributed by atoms with Crippen LogP contribution < -0.4 is 10.6 Å². The first-order valence-electron chi connectivity index (χ1n) is 7.73. The van der Waals surface area contributed by atoms with Gasteiger partial charge < -0.3 is 10.6 Å². The van der Waals surface area contributed by atoms with Gasteiger partial charge in [0.2, 0.25) is 0 Å². The predicted molar refractivity (Wildman–Crippen MR) is 100 cm³/mol. The highest BCUT2D eigenvalue weighted by Gasteiger charge is 2.45. The predicted octanol–water partition coefficient (Wildman–Crippen LogP) is 3.61. The van der Waals surface area contributed by atoms with Crippen molar-refractivity contribution in [1.29, 1.82) is 0 Å². The number of nitrogens with one attached hydrogen (secondary N) is 2. The molecular weight excluding hydrogens is 372 g/mol. The normalized spacial score (nSPS) is 16.2. The van der Waals surface area contributed by atoms with Crippen molar-refractivity contribution in [2.24, 2.45) is 4.99 Å². The van der Waals surface area contributed by atoms with Gasteiger partial charge in [0.05, 0.1) is 17.7 Å². The van der Waals surface area contributed by atoms with Crippen LogP contribution in [0.15, 0.2) is 39.2 Å². The minimum atomic E-state index is 0.234. The largest absolute Gasteiger partial charge is 0.356 e. The fourth-order valence-electron chi connectivity index (χ4n) is 2.72. The van der Waals surface area contributed by atoms with Crippen molar-refractivity contribution in [2.45, 2.75) is 31.7 Å². The number of guanidine groups is 1. The molecule has 1 aliphatic carbocycles. The van der Waals surface area contributed by atoms with E-state index in [4.69, 9.17) is 0 Å². The molecular formula is C17H21BrN4S. The van der Waals surface area contributed by atoms with Crippen molar-refractivity contribution in [1.82, 2.24) is 15.6 Å². The molecule has 2 aromatic rings. The van der Waals surface area contributed by atoms with Gasteiger partial charge in [0, 0.05) is 28.4 Å². The highest BCUT2D eigenvalue weighted by molar-refractivity contribution is 9.10. The number of thiazole rings is 1. The zero-order valence-electron chi connectivity index (χ0n) is 13.4. The molecule has 1 saturated carbocycles. The van der Waals surface area contributed by atoms with Gasteiger partial charge in [-0.2, -0.15) is 0 Å². The summed E-state index contributed by atoms with van der Waals surface area (Å²) < 4.78 is 1.20. The molecule has 1 fully saturated rings. The number of hydrogen-bond acceptors (Lipinski definition) is 3. The van der Waals surface area contributed by atoms with E-state index in [0.29, 0.717) is 0 Å². The Balaban J connectivity index is 1.58. The zero-order chi connectivity index (χ0) is 16.3. The van der Waals surface area contributed by atoms with Crippen LogP contribution in [0.4, 0.5) is 0 Å². The fraction of sp³-hybridized carbons (Fsp3) is 0.412. The molecule has 3 rings (SSSR count). The Hall–Kier alpha value is -1.40. The highest BCUT2D eigenvalue weighted by atomic mass is 79.9. The van der Waals surface area contributed by atoms with E-state index in [1.54, 1.807) is 11.3 Å². The lowest BCUT2D eigenvalue weighted by Crippen LogP contribution is -2.40. The maximum absolute atomic E-state index is 4.33. The van der Waals surface area contributed by atoms with Crippen molar-refractivity contribution in [3.8, 4) is 0 Å². The van der Waals surface area contributed by atoms with Crippen molar-refractivity contribution in [3.05, 3.63) is 50.4 Å². The van der Waals surface area contributed by atoms with Gasteiger partial charge in [0.1, 0.15) is 0 Å². The summed E-state index contributed by atoms with van der Waals surface area (Å²) in [6, 6.07) is 8.51. The maximum atomic E-state index is 4.33. The van der Waals surface area contributed by atoms with E-state index in [2.05, 4.69) is 60.8 Å². The van der Waals surface area contributed by atoms with E-state index >= 15 is 0 Å². The summed E-state index contributed by atoms with van der Waals surface area (Å²) >= 11 is 5.36. The average Bonchev–Trinajstić information content (AvgIpc) is 3.23. The number of rotatable bonds is 5. The van der Waals surface area contributed by atoms with Crippen LogP contribution in [0, 0.1) is 6.92 Å². The summed E-state index contributed by atoms with van der Waals surface area (Å²) in [7, 11) is 1.81. The van der Waals surface area contributed by atoms with Crippen LogP contribution in [0.25, 0.3) is 0 Å². The first-order chi connectivity index (χ1) is 11.1.